The predicted molar refractivity (Wildman–Crippen MR) is 103 cm³/mol. The molecule has 2 rings (SSSR count). The zero-order chi connectivity index (χ0) is 23.4. The Hall–Kier alpha value is -1.92. The molecule has 0 amide bonds. The van der Waals surface area contributed by atoms with Gasteiger partial charge in [-0.15, -0.1) is 0 Å². The molecule has 0 saturated carbocycles. The largest absolute Gasteiger partial charge is 0.506 e. The van der Waals surface area contributed by atoms with Crippen molar-refractivity contribution in [2.24, 2.45) is 0 Å². The molecule has 15 heteroatoms. The van der Waals surface area contributed by atoms with Gasteiger partial charge in [0, 0.05) is 34.6 Å². The summed E-state index contributed by atoms with van der Waals surface area (Å²) < 4.78 is 38.4. The third-order valence-corrected chi connectivity index (χ3v) is 6.68. The van der Waals surface area contributed by atoms with E-state index in [9.17, 15) is 29.6 Å². The van der Waals surface area contributed by atoms with E-state index in [1.54, 1.807) is 0 Å². The maximum atomic E-state index is 12.9. The van der Waals surface area contributed by atoms with Gasteiger partial charge in [-0.2, -0.15) is 4.31 Å². The fourth-order valence-corrected chi connectivity index (χ4v) is 4.53. The average molecular weight is 480 g/mol. The second-order valence-electron chi connectivity index (χ2n) is 6.27. The SMILES string of the molecule is Cc1ncc(CO)c(COP(=O)(OCc2c(CO)cnc(C)c2O)OP(=O)(O)O)c1O. The highest BCUT2D eigenvalue weighted by Gasteiger charge is 2.37. The van der Waals surface area contributed by atoms with Crippen molar-refractivity contribution in [1.29, 1.82) is 0 Å². The lowest BCUT2D eigenvalue weighted by Crippen LogP contribution is -2.06. The summed E-state index contributed by atoms with van der Waals surface area (Å²) in [5.74, 6) is -0.779. The first-order chi connectivity index (χ1) is 14.4. The van der Waals surface area contributed by atoms with Crippen LogP contribution in [-0.2, 0) is 48.9 Å². The summed E-state index contributed by atoms with van der Waals surface area (Å²) in [7, 11) is -10.4. The molecule has 0 aliphatic carbocycles. The molecule has 172 valence electrons. The first-order valence-corrected chi connectivity index (χ1v) is 11.6. The van der Waals surface area contributed by atoms with Crippen LogP contribution in [0.15, 0.2) is 12.4 Å². The van der Waals surface area contributed by atoms with Gasteiger partial charge in [0.25, 0.3) is 0 Å². The molecule has 6 N–H and O–H groups in total. The van der Waals surface area contributed by atoms with Crippen molar-refractivity contribution in [1.82, 2.24) is 9.97 Å². The zero-order valence-corrected chi connectivity index (χ0v) is 18.3. The standard InChI is InChI=1S/C16H22N2O11P2/c1-9-15(21)13(11(5-19)3-17-9)7-27-31(26,29-30(23,24)25)28-8-14-12(6-20)4-18-10(2)16(14)22/h3-4,19-22H,5-8H2,1-2H3,(H2,23,24,25). The molecule has 0 radical (unpaired) electrons. The summed E-state index contributed by atoms with van der Waals surface area (Å²) in [6.07, 6.45) is 2.46. The number of aliphatic hydroxyl groups excluding tert-OH is 2. The van der Waals surface area contributed by atoms with Gasteiger partial charge in [0.15, 0.2) is 0 Å². The highest BCUT2D eigenvalue weighted by atomic mass is 31.3. The lowest BCUT2D eigenvalue weighted by molar-refractivity contribution is 0.126. The number of pyridine rings is 2. The summed E-state index contributed by atoms with van der Waals surface area (Å²) in [4.78, 5) is 25.9. The number of aromatic nitrogens is 2. The molecule has 0 aliphatic rings. The van der Waals surface area contributed by atoms with E-state index < -0.39 is 42.1 Å². The van der Waals surface area contributed by atoms with Crippen LogP contribution in [0, 0.1) is 13.8 Å². The number of aromatic hydroxyl groups is 2. The Morgan fingerprint density at radius 1 is 0.839 bits per heavy atom. The molecule has 0 aromatic carbocycles. The number of hydrogen-bond donors (Lipinski definition) is 6. The fraction of sp³-hybridized carbons (Fsp3) is 0.375. The van der Waals surface area contributed by atoms with E-state index in [0.717, 1.165) is 0 Å². The van der Waals surface area contributed by atoms with E-state index >= 15 is 0 Å². The smallest absolute Gasteiger partial charge is 0.484 e. The summed E-state index contributed by atoms with van der Waals surface area (Å²) in [6, 6.07) is 0. The van der Waals surface area contributed by atoms with E-state index in [0.29, 0.717) is 0 Å². The van der Waals surface area contributed by atoms with Crippen molar-refractivity contribution in [2.75, 3.05) is 0 Å². The number of phosphoric acid groups is 2. The first-order valence-electron chi connectivity index (χ1n) is 8.61. The number of hydrogen-bond acceptors (Lipinski definition) is 11. The summed E-state index contributed by atoms with van der Waals surface area (Å²) in [5, 5.41) is 39.1. The first kappa shape index (κ1) is 25.3. The van der Waals surface area contributed by atoms with Gasteiger partial charge >= 0.3 is 15.6 Å². The van der Waals surface area contributed by atoms with Crippen molar-refractivity contribution in [3.05, 3.63) is 46.0 Å². The molecule has 0 fully saturated rings. The van der Waals surface area contributed by atoms with Crippen LogP contribution in [0.25, 0.3) is 0 Å². The molecule has 0 spiro atoms. The minimum atomic E-state index is -5.37. The normalized spacial score (nSPS) is 12.3. The van der Waals surface area contributed by atoms with Crippen molar-refractivity contribution in [2.45, 2.75) is 40.3 Å². The minimum absolute atomic E-state index is 0.0493. The third kappa shape index (κ3) is 6.53. The number of rotatable bonds is 10. The second-order valence-corrected chi connectivity index (χ2v) is 9.32. The quantitative estimate of drug-likeness (QED) is 0.266. The molecular formula is C16H22N2O11P2. The fourth-order valence-electron chi connectivity index (χ4n) is 2.47. The van der Waals surface area contributed by atoms with Crippen molar-refractivity contribution in [3.8, 4) is 11.5 Å². The molecule has 0 unspecified atom stereocenters. The van der Waals surface area contributed by atoms with Gasteiger partial charge in [0.1, 0.15) is 11.5 Å². The molecule has 2 heterocycles. The molecular weight excluding hydrogens is 458 g/mol. The van der Waals surface area contributed by atoms with Crippen LogP contribution in [0.3, 0.4) is 0 Å². The Balaban J connectivity index is 2.33. The van der Waals surface area contributed by atoms with Gasteiger partial charge in [-0.05, 0) is 13.8 Å². The molecule has 0 aliphatic heterocycles. The molecule has 2 aromatic rings. The Labute approximate surface area is 176 Å². The van der Waals surface area contributed by atoms with Crippen LogP contribution in [0.1, 0.15) is 33.6 Å². The van der Waals surface area contributed by atoms with Crippen LogP contribution in [0.2, 0.25) is 0 Å². The van der Waals surface area contributed by atoms with Crippen LogP contribution in [0.4, 0.5) is 0 Å². The summed E-state index contributed by atoms with van der Waals surface area (Å²) in [5.41, 5.74) is 0.435. The van der Waals surface area contributed by atoms with E-state index in [2.05, 4.69) is 14.3 Å². The molecule has 31 heavy (non-hydrogen) atoms. The van der Waals surface area contributed by atoms with E-state index in [4.69, 9.17) is 18.8 Å². The van der Waals surface area contributed by atoms with Gasteiger partial charge in [-0.1, -0.05) is 0 Å². The Morgan fingerprint density at radius 3 is 1.55 bits per heavy atom. The average Bonchev–Trinajstić information content (AvgIpc) is 2.68. The number of aryl methyl sites for hydroxylation is 2. The number of aliphatic hydroxyl groups is 2. The molecule has 0 saturated heterocycles. The lowest BCUT2D eigenvalue weighted by atomic mass is 10.1. The van der Waals surface area contributed by atoms with Gasteiger partial charge < -0.3 is 30.2 Å². The van der Waals surface area contributed by atoms with Crippen LogP contribution >= 0.6 is 15.6 Å². The molecule has 0 atom stereocenters. The van der Waals surface area contributed by atoms with E-state index in [1.807, 2.05) is 0 Å². The van der Waals surface area contributed by atoms with Crippen LogP contribution < -0.4 is 0 Å². The number of nitrogens with zero attached hydrogens (tertiary/aromatic N) is 2. The third-order valence-electron chi connectivity index (χ3n) is 4.14. The summed E-state index contributed by atoms with van der Waals surface area (Å²) >= 11 is 0. The van der Waals surface area contributed by atoms with Gasteiger partial charge in [-0.25, -0.2) is 9.13 Å². The monoisotopic (exact) mass is 480 g/mol. The van der Waals surface area contributed by atoms with Crippen LogP contribution in [0.5, 0.6) is 11.5 Å². The van der Waals surface area contributed by atoms with Crippen molar-refractivity contribution < 1.29 is 52.7 Å². The highest BCUT2D eigenvalue weighted by Crippen LogP contribution is 2.62. The van der Waals surface area contributed by atoms with E-state index in [-0.39, 0.29) is 45.1 Å². The molecule has 13 nitrogen and oxygen atoms in total. The van der Waals surface area contributed by atoms with Gasteiger partial charge in [-0.3, -0.25) is 19.0 Å². The number of phosphoric ester groups is 1. The van der Waals surface area contributed by atoms with Gasteiger partial charge in [0.2, 0.25) is 0 Å². The second kappa shape index (κ2) is 10.1. The Kier molecular flexibility index (Phi) is 8.28. The van der Waals surface area contributed by atoms with Gasteiger partial charge in [0.05, 0.1) is 37.8 Å². The molecule has 0 bridgehead atoms. The zero-order valence-electron chi connectivity index (χ0n) is 16.5. The lowest BCUT2D eigenvalue weighted by Gasteiger charge is -2.20. The minimum Gasteiger partial charge on any atom is -0.506 e. The van der Waals surface area contributed by atoms with Crippen molar-refractivity contribution in [3.63, 3.8) is 0 Å². The highest BCUT2D eigenvalue weighted by molar-refractivity contribution is 7.61. The summed E-state index contributed by atoms with van der Waals surface area (Å²) in [6.45, 7) is 0.329. The maximum absolute atomic E-state index is 12.9. The van der Waals surface area contributed by atoms with Crippen molar-refractivity contribution >= 4 is 15.6 Å². The molecule has 2 aromatic heterocycles. The Bertz CT molecular complexity index is 973. The maximum Gasteiger partial charge on any atom is 0.484 e. The van der Waals surface area contributed by atoms with Crippen LogP contribution in [-0.4, -0.2) is 40.2 Å². The predicted octanol–water partition coefficient (Wildman–Crippen LogP) is 1.44. The topological polar surface area (TPSA) is 209 Å². The Morgan fingerprint density at radius 2 is 1.23 bits per heavy atom. The van der Waals surface area contributed by atoms with E-state index in [1.165, 1.54) is 26.2 Å².